The molecule has 0 spiro atoms. The Morgan fingerprint density at radius 1 is 0.926 bits per heavy atom. The Hall–Kier alpha value is -3.19. The number of hydrogen-bond donors (Lipinski definition) is 1. The van der Waals surface area contributed by atoms with E-state index in [9.17, 15) is 17.6 Å². The molecule has 0 heterocycles. The van der Waals surface area contributed by atoms with Crippen LogP contribution in [0.5, 0.6) is 11.5 Å². The standard InChI is InChI=1S/C20H16FNO4S/c1-27(24,25)17-11-12-18(21)19(13-17)22-20(23)14-7-9-16(10-8-14)26-15-5-3-2-4-6-15/h2-13H,1H3,(H,22,23). The molecule has 0 aliphatic rings. The zero-order valence-electron chi connectivity index (χ0n) is 14.3. The number of hydrogen-bond acceptors (Lipinski definition) is 4. The molecule has 27 heavy (non-hydrogen) atoms. The van der Waals surface area contributed by atoms with Crippen molar-refractivity contribution >= 4 is 21.4 Å². The minimum Gasteiger partial charge on any atom is -0.457 e. The van der Waals surface area contributed by atoms with E-state index in [1.807, 2.05) is 18.2 Å². The summed E-state index contributed by atoms with van der Waals surface area (Å²) in [6.45, 7) is 0. The molecule has 0 aliphatic carbocycles. The second-order valence-electron chi connectivity index (χ2n) is 5.81. The number of carbonyl (C=O) groups is 1. The van der Waals surface area contributed by atoms with Gasteiger partial charge < -0.3 is 10.1 Å². The first-order valence-corrected chi connectivity index (χ1v) is 9.86. The molecular formula is C20H16FNO4S. The average molecular weight is 385 g/mol. The van der Waals surface area contributed by atoms with Crippen LogP contribution in [-0.4, -0.2) is 20.6 Å². The van der Waals surface area contributed by atoms with Gasteiger partial charge in [0.2, 0.25) is 0 Å². The molecule has 0 bridgehead atoms. The molecule has 1 amide bonds. The Kier molecular flexibility index (Phi) is 5.23. The van der Waals surface area contributed by atoms with E-state index in [0.29, 0.717) is 11.5 Å². The topological polar surface area (TPSA) is 72.5 Å². The minimum absolute atomic E-state index is 0.0780. The van der Waals surface area contributed by atoms with E-state index >= 15 is 0 Å². The van der Waals surface area contributed by atoms with Gasteiger partial charge in [-0.15, -0.1) is 0 Å². The molecule has 3 rings (SSSR count). The predicted molar refractivity (Wildman–Crippen MR) is 100 cm³/mol. The van der Waals surface area contributed by atoms with Gasteiger partial charge in [-0.25, -0.2) is 12.8 Å². The molecule has 3 aromatic carbocycles. The van der Waals surface area contributed by atoms with E-state index in [2.05, 4.69) is 5.32 Å². The third-order valence-corrected chi connectivity index (χ3v) is 4.82. The van der Waals surface area contributed by atoms with Crippen LogP contribution in [0.1, 0.15) is 10.4 Å². The summed E-state index contributed by atoms with van der Waals surface area (Å²) in [5, 5.41) is 2.39. The van der Waals surface area contributed by atoms with Crippen LogP contribution >= 0.6 is 0 Å². The molecule has 0 unspecified atom stereocenters. The Morgan fingerprint density at radius 2 is 1.56 bits per heavy atom. The van der Waals surface area contributed by atoms with Crippen molar-refractivity contribution in [2.24, 2.45) is 0 Å². The number of carbonyl (C=O) groups excluding carboxylic acids is 1. The zero-order valence-corrected chi connectivity index (χ0v) is 15.2. The zero-order chi connectivity index (χ0) is 19.4. The monoisotopic (exact) mass is 385 g/mol. The maximum Gasteiger partial charge on any atom is 0.255 e. The van der Waals surface area contributed by atoms with Crippen molar-refractivity contribution < 1.29 is 22.3 Å². The lowest BCUT2D eigenvalue weighted by molar-refractivity contribution is 0.102. The summed E-state index contributed by atoms with van der Waals surface area (Å²) in [7, 11) is -3.51. The van der Waals surface area contributed by atoms with Gasteiger partial charge in [0.05, 0.1) is 10.6 Å². The molecule has 0 fully saturated rings. The highest BCUT2D eigenvalue weighted by atomic mass is 32.2. The number of ether oxygens (including phenoxy) is 1. The number of rotatable bonds is 5. The SMILES string of the molecule is CS(=O)(=O)c1ccc(F)c(NC(=O)c2ccc(Oc3ccccc3)cc2)c1. The number of anilines is 1. The van der Waals surface area contributed by atoms with Gasteiger partial charge in [-0.1, -0.05) is 18.2 Å². The number of benzene rings is 3. The highest BCUT2D eigenvalue weighted by Gasteiger charge is 2.14. The minimum atomic E-state index is -3.51. The van der Waals surface area contributed by atoms with E-state index in [4.69, 9.17) is 4.74 Å². The van der Waals surface area contributed by atoms with Gasteiger partial charge in [-0.05, 0) is 54.6 Å². The lowest BCUT2D eigenvalue weighted by Gasteiger charge is -2.09. The van der Waals surface area contributed by atoms with E-state index in [-0.39, 0.29) is 16.1 Å². The van der Waals surface area contributed by atoms with Crippen LogP contribution in [0.3, 0.4) is 0 Å². The average Bonchev–Trinajstić information content (AvgIpc) is 2.64. The molecule has 3 aromatic rings. The van der Waals surface area contributed by atoms with E-state index in [1.54, 1.807) is 24.3 Å². The van der Waals surface area contributed by atoms with E-state index in [1.165, 1.54) is 12.1 Å². The Bertz CT molecular complexity index is 1060. The Balaban J connectivity index is 1.75. The lowest BCUT2D eigenvalue weighted by Crippen LogP contribution is -2.13. The van der Waals surface area contributed by atoms with Gasteiger partial charge in [-0.2, -0.15) is 0 Å². The molecule has 1 N–H and O–H groups in total. The van der Waals surface area contributed by atoms with Gasteiger partial charge in [0.15, 0.2) is 9.84 Å². The largest absolute Gasteiger partial charge is 0.457 e. The predicted octanol–water partition coefficient (Wildman–Crippen LogP) is 4.27. The second kappa shape index (κ2) is 7.59. The lowest BCUT2D eigenvalue weighted by atomic mass is 10.2. The third kappa shape index (κ3) is 4.71. The molecule has 7 heteroatoms. The number of halogens is 1. The second-order valence-corrected chi connectivity index (χ2v) is 7.82. The summed E-state index contributed by atoms with van der Waals surface area (Å²) in [6.07, 6.45) is 1.01. The van der Waals surface area contributed by atoms with Crippen LogP contribution in [0.2, 0.25) is 0 Å². The fourth-order valence-corrected chi connectivity index (χ4v) is 2.97. The van der Waals surface area contributed by atoms with Crippen molar-refractivity contribution in [3.05, 3.63) is 84.2 Å². The summed E-state index contributed by atoms with van der Waals surface area (Å²) in [6, 6.07) is 18.7. The van der Waals surface area contributed by atoms with Crippen molar-refractivity contribution in [3.63, 3.8) is 0 Å². The molecule has 0 saturated heterocycles. The van der Waals surface area contributed by atoms with E-state index < -0.39 is 21.6 Å². The number of para-hydroxylation sites is 1. The molecule has 0 aromatic heterocycles. The summed E-state index contributed by atoms with van der Waals surface area (Å²) in [5.74, 6) is -0.0806. The van der Waals surface area contributed by atoms with Gasteiger partial charge in [0.1, 0.15) is 17.3 Å². The normalized spacial score (nSPS) is 11.0. The van der Waals surface area contributed by atoms with Crippen molar-refractivity contribution in [2.75, 3.05) is 11.6 Å². The van der Waals surface area contributed by atoms with Crippen LogP contribution in [0.25, 0.3) is 0 Å². The fraction of sp³-hybridized carbons (Fsp3) is 0.0500. The van der Waals surface area contributed by atoms with Gasteiger partial charge in [0, 0.05) is 11.8 Å². The first-order chi connectivity index (χ1) is 12.8. The van der Waals surface area contributed by atoms with Crippen LogP contribution in [-0.2, 0) is 9.84 Å². The van der Waals surface area contributed by atoms with Crippen molar-refractivity contribution in [1.29, 1.82) is 0 Å². The highest BCUT2D eigenvalue weighted by Crippen LogP contribution is 2.23. The summed E-state index contributed by atoms with van der Waals surface area (Å²) in [5.41, 5.74) is 0.0760. The highest BCUT2D eigenvalue weighted by molar-refractivity contribution is 7.90. The Morgan fingerprint density at radius 3 is 2.19 bits per heavy atom. The molecule has 0 radical (unpaired) electrons. The van der Waals surface area contributed by atoms with Crippen LogP contribution in [0.15, 0.2) is 77.7 Å². The molecule has 138 valence electrons. The van der Waals surface area contributed by atoms with Crippen LogP contribution in [0.4, 0.5) is 10.1 Å². The van der Waals surface area contributed by atoms with Crippen LogP contribution in [0, 0.1) is 5.82 Å². The summed E-state index contributed by atoms with van der Waals surface area (Å²) in [4.78, 5) is 12.3. The van der Waals surface area contributed by atoms with Crippen molar-refractivity contribution in [3.8, 4) is 11.5 Å². The maximum absolute atomic E-state index is 13.9. The molecule has 0 saturated carbocycles. The molecule has 0 atom stereocenters. The summed E-state index contributed by atoms with van der Waals surface area (Å²) >= 11 is 0. The number of amides is 1. The summed E-state index contributed by atoms with van der Waals surface area (Å²) < 4.78 is 42.7. The fourth-order valence-electron chi connectivity index (χ4n) is 2.32. The van der Waals surface area contributed by atoms with Crippen molar-refractivity contribution in [2.45, 2.75) is 4.90 Å². The maximum atomic E-state index is 13.9. The Labute approximate surface area is 156 Å². The number of sulfone groups is 1. The van der Waals surface area contributed by atoms with E-state index in [0.717, 1.165) is 24.5 Å². The van der Waals surface area contributed by atoms with Gasteiger partial charge >= 0.3 is 0 Å². The van der Waals surface area contributed by atoms with Crippen LogP contribution < -0.4 is 10.1 Å². The smallest absolute Gasteiger partial charge is 0.255 e. The molecule has 0 aliphatic heterocycles. The first kappa shape index (κ1) is 18.6. The quantitative estimate of drug-likeness (QED) is 0.666. The first-order valence-electron chi connectivity index (χ1n) is 7.97. The van der Waals surface area contributed by atoms with Gasteiger partial charge in [-0.3, -0.25) is 4.79 Å². The third-order valence-electron chi connectivity index (χ3n) is 3.71. The van der Waals surface area contributed by atoms with Crippen molar-refractivity contribution in [1.82, 2.24) is 0 Å². The van der Waals surface area contributed by atoms with Gasteiger partial charge in [0.25, 0.3) is 5.91 Å². The molecule has 5 nitrogen and oxygen atoms in total. The number of nitrogens with one attached hydrogen (secondary N) is 1. The molecular weight excluding hydrogens is 369 g/mol.